The molecule has 1 aliphatic heterocycles. The highest BCUT2D eigenvalue weighted by Gasteiger charge is 2.25. The number of hydrogen-bond acceptors (Lipinski definition) is 5. The van der Waals surface area contributed by atoms with Crippen LogP contribution in [0.3, 0.4) is 0 Å². The Morgan fingerprint density at radius 2 is 2.29 bits per heavy atom. The number of benzene rings is 1. The lowest BCUT2D eigenvalue weighted by molar-refractivity contribution is -0.385. The van der Waals surface area contributed by atoms with E-state index in [9.17, 15) is 14.9 Å². The summed E-state index contributed by atoms with van der Waals surface area (Å²) in [4.78, 5) is 24.4. The fourth-order valence-corrected chi connectivity index (χ4v) is 2.17. The van der Waals surface area contributed by atoms with Crippen molar-refractivity contribution in [3.8, 4) is 0 Å². The number of rotatable bonds is 3. The molecule has 7 nitrogen and oxygen atoms in total. The van der Waals surface area contributed by atoms with Gasteiger partial charge in [-0.2, -0.15) is 0 Å². The largest absolute Gasteiger partial charge is 0.373 e. The van der Waals surface area contributed by atoms with Crippen molar-refractivity contribution in [1.29, 1.82) is 0 Å². The molecule has 1 aromatic carbocycles. The third-order valence-electron chi connectivity index (χ3n) is 3.34. The number of carbonyl (C=O) groups is 1. The van der Waals surface area contributed by atoms with Crippen LogP contribution in [0.4, 0.5) is 5.69 Å². The van der Waals surface area contributed by atoms with E-state index in [0.717, 1.165) is 0 Å². The number of nitro groups is 1. The van der Waals surface area contributed by atoms with Gasteiger partial charge in [0.05, 0.1) is 17.6 Å². The van der Waals surface area contributed by atoms with E-state index in [1.165, 1.54) is 6.07 Å². The van der Waals surface area contributed by atoms with Crippen LogP contribution in [0.2, 0.25) is 0 Å². The summed E-state index contributed by atoms with van der Waals surface area (Å²) < 4.78 is 5.40. The van der Waals surface area contributed by atoms with Crippen LogP contribution in [0.15, 0.2) is 18.2 Å². The summed E-state index contributed by atoms with van der Waals surface area (Å²) in [7, 11) is 0. The lowest BCUT2D eigenvalue weighted by Crippen LogP contribution is -2.48. The zero-order valence-corrected chi connectivity index (χ0v) is 12.5. The topological polar surface area (TPSA) is 98.7 Å². The average molecular weight is 316 g/mol. The number of carbonyl (C=O) groups excluding carboxylic acids is 1. The standard InChI is InChI=1S/C13H17N3O4.ClH/c1-9-2-3-10(6-12(9)16(18)19)13(17)15-4-5-20-11(7-14)8-15;/h2-3,6,11H,4-5,7-8,14H2,1H3;1H. The third-order valence-corrected chi connectivity index (χ3v) is 3.34. The second-order valence-corrected chi connectivity index (χ2v) is 4.74. The SMILES string of the molecule is Cc1ccc(C(=O)N2CCOC(CN)C2)cc1[N+](=O)[O-].Cl. The number of amides is 1. The summed E-state index contributed by atoms with van der Waals surface area (Å²) in [6, 6.07) is 4.52. The fourth-order valence-electron chi connectivity index (χ4n) is 2.17. The first-order valence-corrected chi connectivity index (χ1v) is 6.39. The van der Waals surface area contributed by atoms with Gasteiger partial charge in [-0.05, 0) is 13.0 Å². The molecule has 2 N–H and O–H groups in total. The van der Waals surface area contributed by atoms with Gasteiger partial charge >= 0.3 is 0 Å². The number of nitro benzene ring substituents is 1. The molecular formula is C13H18ClN3O4. The lowest BCUT2D eigenvalue weighted by atomic mass is 10.1. The molecular weight excluding hydrogens is 298 g/mol. The quantitative estimate of drug-likeness (QED) is 0.665. The highest BCUT2D eigenvalue weighted by atomic mass is 35.5. The molecule has 0 bridgehead atoms. The molecule has 0 aliphatic carbocycles. The maximum Gasteiger partial charge on any atom is 0.273 e. The molecule has 8 heteroatoms. The molecule has 1 heterocycles. The van der Waals surface area contributed by atoms with Crippen molar-refractivity contribution >= 4 is 24.0 Å². The van der Waals surface area contributed by atoms with E-state index in [1.807, 2.05) is 0 Å². The van der Waals surface area contributed by atoms with Crippen molar-refractivity contribution < 1.29 is 14.5 Å². The van der Waals surface area contributed by atoms with Crippen LogP contribution in [-0.2, 0) is 4.74 Å². The number of aryl methyl sites for hydroxylation is 1. The first kappa shape index (κ1) is 17.4. The molecule has 1 unspecified atom stereocenters. The highest BCUT2D eigenvalue weighted by molar-refractivity contribution is 5.95. The van der Waals surface area contributed by atoms with Gasteiger partial charge in [0, 0.05) is 36.8 Å². The molecule has 1 atom stereocenters. The Bertz CT molecular complexity index is 538. The summed E-state index contributed by atoms with van der Waals surface area (Å²) in [6.45, 7) is 3.30. The van der Waals surface area contributed by atoms with Crippen LogP contribution < -0.4 is 5.73 Å². The van der Waals surface area contributed by atoms with E-state index in [1.54, 1.807) is 24.0 Å². The number of hydrogen-bond donors (Lipinski definition) is 1. The van der Waals surface area contributed by atoms with Gasteiger partial charge in [-0.25, -0.2) is 0 Å². The maximum atomic E-state index is 12.4. The Morgan fingerprint density at radius 1 is 1.57 bits per heavy atom. The molecule has 2 rings (SSSR count). The van der Waals surface area contributed by atoms with E-state index in [-0.39, 0.29) is 30.1 Å². The van der Waals surface area contributed by atoms with E-state index in [0.29, 0.717) is 37.4 Å². The van der Waals surface area contributed by atoms with Crippen molar-refractivity contribution in [2.24, 2.45) is 5.73 Å². The number of nitrogens with two attached hydrogens (primary N) is 1. The van der Waals surface area contributed by atoms with Crippen LogP contribution in [0, 0.1) is 17.0 Å². The van der Waals surface area contributed by atoms with E-state index in [2.05, 4.69) is 0 Å². The summed E-state index contributed by atoms with van der Waals surface area (Å²) >= 11 is 0. The predicted octanol–water partition coefficient (Wildman–Crippen LogP) is 1.12. The number of nitrogens with zero attached hydrogens (tertiary/aromatic N) is 2. The molecule has 1 aliphatic rings. The van der Waals surface area contributed by atoms with Crippen LogP contribution >= 0.6 is 12.4 Å². The maximum absolute atomic E-state index is 12.4. The van der Waals surface area contributed by atoms with Crippen LogP contribution in [0.1, 0.15) is 15.9 Å². The van der Waals surface area contributed by atoms with Crippen molar-refractivity contribution in [3.63, 3.8) is 0 Å². The van der Waals surface area contributed by atoms with Gasteiger partial charge in [0.1, 0.15) is 0 Å². The van der Waals surface area contributed by atoms with Gasteiger partial charge in [0.2, 0.25) is 0 Å². The predicted molar refractivity (Wildman–Crippen MR) is 79.8 cm³/mol. The fraction of sp³-hybridized carbons (Fsp3) is 0.462. The second kappa shape index (κ2) is 7.35. The lowest BCUT2D eigenvalue weighted by Gasteiger charge is -2.32. The molecule has 1 fully saturated rings. The molecule has 1 amide bonds. The van der Waals surface area contributed by atoms with Gasteiger partial charge in [-0.3, -0.25) is 14.9 Å². The van der Waals surface area contributed by atoms with E-state index < -0.39 is 4.92 Å². The molecule has 1 saturated heterocycles. The number of morpholine rings is 1. The summed E-state index contributed by atoms with van der Waals surface area (Å²) in [6.07, 6.45) is -0.173. The van der Waals surface area contributed by atoms with Gasteiger partial charge in [-0.15, -0.1) is 12.4 Å². The van der Waals surface area contributed by atoms with Gasteiger partial charge in [0.25, 0.3) is 11.6 Å². The minimum absolute atomic E-state index is 0. The van der Waals surface area contributed by atoms with Gasteiger partial charge < -0.3 is 15.4 Å². The Hall–Kier alpha value is -1.70. The van der Waals surface area contributed by atoms with Gasteiger partial charge in [0.15, 0.2) is 0 Å². The first-order chi connectivity index (χ1) is 9.52. The average Bonchev–Trinajstić information content (AvgIpc) is 2.46. The molecule has 1 aromatic rings. The summed E-state index contributed by atoms with van der Waals surface area (Å²) in [5.74, 6) is -0.227. The molecule has 21 heavy (non-hydrogen) atoms. The minimum Gasteiger partial charge on any atom is -0.373 e. The van der Waals surface area contributed by atoms with Crippen LogP contribution in [0.25, 0.3) is 0 Å². The Morgan fingerprint density at radius 3 is 2.90 bits per heavy atom. The van der Waals surface area contributed by atoms with E-state index >= 15 is 0 Å². The minimum atomic E-state index is -0.478. The third kappa shape index (κ3) is 3.90. The van der Waals surface area contributed by atoms with Crippen LogP contribution in [-0.4, -0.2) is 48.1 Å². The van der Waals surface area contributed by atoms with E-state index in [4.69, 9.17) is 10.5 Å². The highest BCUT2D eigenvalue weighted by Crippen LogP contribution is 2.21. The monoisotopic (exact) mass is 315 g/mol. The number of halogens is 1. The first-order valence-electron chi connectivity index (χ1n) is 6.39. The molecule has 0 radical (unpaired) electrons. The Balaban J connectivity index is 0.00000220. The Kier molecular flexibility index (Phi) is 6.07. The number of ether oxygens (including phenoxy) is 1. The van der Waals surface area contributed by atoms with Crippen molar-refractivity contribution in [1.82, 2.24) is 4.90 Å². The molecule has 0 spiro atoms. The van der Waals surface area contributed by atoms with Crippen molar-refractivity contribution in [3.05, 3.63) is 39.4 Å². The van der Waals surface area contributed by atoms with Crippen molar-refractivity contribution in [2.45, 2.75) is 13.0 Å². The van der Waals surface area contributed by atoms with Crippen molar-refractivity contribution in [2.75, 3.05) is 26.2 Å². The smallest absolute Gasteiger partial charge is 0.273 e. The molecule has 116 valence electrons. The second-order valence-electron chi connectivity index (χ2n) is 4.74. The molecule has 0 aromatic heterocycles. The van der Waals surface area contributed by atoms with Gasteiger partial charge in [-0.1, -0.05) is 6.07 Å². The normalized spacial score (nSPS) is 18.0. The zero-order chi connectivity index (χ0) is 14.7. The Labute approximate surface area is 128 Å². The zero-order valence-electron chi connectivity index (χ0n) is 11.7. The summed E-state index contributed by atoms with van der Waals surface area (Å²) in [5, 5.41) is 10.9. The molecule has 0 saturated carbocycles. The van der Waals surface area contributed by atoms with Crippen LogP contribution in [0.5, 0.6) is 0 Å². The summed E-state index contributed by atoms with van der Waals surface area (Å²) in [5.41, 5.74) is 6.35.